The first-order chi connectivity index (χ1) is 9.08. The van der Waals surface area contributed by atoms with E-state index < -0.39 is 24.7 Å². The van der Waals surface area contributed by atoms with Crippen LogP contribution in [0.25, 0.3) is 0 Å². The zero-order valence-electron chi connectivity index (χ0n) is 9.93. The zero-order valence-corrected chi connectivity index (χ0v) is 11.5. The van der Waals surface area contributed by atoms with Crippen LogP contribution in [-0.2, 0) is 4.74 Å². The second-order valence-electron chi connectivity index (χ2n) is 3.63. The molecular formula is C11H8BrF5O3. The Hall–Kier alpha value is -1.38. The van der Waals surface area contributed by atoms with E-state index in [1.807, 2.05) is 0 Å². The molecule has 0 spiro atoms. The van der Waals surface area contributed by atoms with E-state index in [-0.39, 0.29) is 15.8 Å². The Morgan fingerprint density at radius 3 is 2.35 bits per heavy atom. The van der Waals surface area contributed by atoms with Gasteiger partial charge in [0, 0.05) is 0 Å². The van der Waals surface area contributed by atoms with Gasteiger partial charge >= 0.3 is 18.1 Å². The molecule has 0 saturated carbocycles. The molecule has 0 N–H and O–H groups in total. The molecule has 0 amide bonds. The number of halogens is 6. The first-order valence-electron chi connectivity index (χ1n) is 5.03. The third-order valence-corrected chi connectivity index (χ3v) is 2.83. The van der Waals surface area contributed by atoms with Crippen molar-refractivity contribution in [3.8, 4) is 5.75 Å². The molecule has 0 aliphatic rings. The topological polar surface area (TPSA) is 35.5 Å². The quantitative estimate of drug-likeness (QED) is 0.603. The van der Waals surface area contributed by atoms with Crippen molar-refractivity contribution in [3.63, 3.8) is 0 Å². The predicted molar refractivity (Wildman–Crippen MR) is 62.0 cm³/mol. The van der Waals surface area contributed by atoms with Crippen LogP contribution in [0, 0.1) is 0 Å². The molecule has 1 aromatic carbocycles. The normalized spacial score (nSPS) is 12.2. The number of ether oxygens (including phenoxy) is 2. The Balaban J connectivity index is 2.90. The largest absolute Gasteiger partial charge is 0.486 e. The van der Waals surface area contributed by atoms with Crippen LogP contribution < -0.4 is 4.74 Å². The highest BCUT2D eigenvalue weighted by atomic mass is 79.9. The summed E-state index contributed by atoms with van der Waals surface area (Å²) in [6.07, 6.45) is -5.71. The van der Waals surface area contributed by atoms with Gasteiger partial charge in [0.05, 0.1) is 17.1 Å². The summed E-state index contributed by atoms with van der Waals surface area (Å²) in [6, 6.07) is 3.57. The summed E-state index contributed by atoms with van der Waals surface area (Å²) in [7, 11) is 1.10. The van der Waals surface area contributed by atoms with Gasteiger partial charge in [0.15, 0.2) is 6.61 Å². The Morgan fingerprint density at radius 1 is 1.25 bits per heavy atom. The molecule has 0 fully saturated rings. The van der Waals surface area contributed by atoms with Crippen molar-refractivity contribution in [3.05, 3.63) is 28.2 Å². The van der Waals surface area contributed by atoms with Crippen LogP contribution in [0.4, 0.5) is 22.0 Å². The van der Waals surface area contributed by atoms with E-state index in [1.54, 1.807) is 0 Å². The van der Waals surface area contributed by atoms with Gasteiger partial charge in [-0.15, -0.1) is 0 Å². The minimum absolute atomic E-state index is 0.0407. The Morgan fingerprint density at radius 2 is 1.85 bits per heavy atom. The molecule has 0 saturated heterocycles. The molecule has 0 atom stereocenters. The van der Waals surface area contributed by atoms with E-state index in [2.05, 4.69) is 25.4 Å². The molecule has 112 valence electrons. The van der Waals surface area contributed by atoms with Crippen molar-refractivity contribution in [1.82, 2.24) is 0 Å². The monoisotopic (exact) mass is 362 g/mol. The number of methoxy groups -OCH3 is 1. The van der Waals surface area contributed by atoms with Gasteiger partial charge in [-0.05, 0) is 34.1 Å². The molecule has 0 aliphatic heterocycles. The van der Waals surface area contributed by atoms with Crippen molar-refractivity contribution in [1.29, 1.82) is 0 Å². The van der Waals surface area contributed by atoms with E-state index >= 15 is 0 Å². The maximum Gasteiger partial charge on any atom is 0.456 e. The third-order valence-electron chi connectivity index (χ3n) is 2.18. The minimum atomic E-state index is -5.71. The molecule has 1 aromatic rings. The molecule has 0 bridgehead atoms. The summed E-state index contributed by atoms with van der Waals surface area (Å²) in [5.74, 6) is -6.09. The van der Waals surface area contributed by atoms with Crippen molar-refractivity contribution in [2.24, 2.45) is 0 Å². The summed E-state index contributed by atoms with van der Waals surface area (Å²) in [4.78, 5) is 11.2. The Bertz CT molecular complexity index is 501. The van der Waals surface area contributed by atoms with Gasteiger partial charge in [-0.25, -0.2) is 4.79 Å². The SMILES string of the molecule is COC(=O)c1ccc(Br)c(OCC(F)(F)C(F)(F)F)c1. The van der Waals surface area contributed by atoms with Crippen molar-refractivity contribution in [2.45, 2.75) is 12.1 Å². The molecule has 20 heavy (non-hydrogen) atoms. The maximum atomic E-state index is 12.7. The van der Waals surface area contributed by atoms with Crippen LogP contribution in [0.15, 0.2) is 22.7 Å². The average molecular weight is 363 g/mol. The number of hydrogen-bond acceptors (Lipinski definition) is 3. The molecule has 0 heterocycles. The highest BCUT2D eigenvalue weighted by Gasteiger charge is 2.58. The summed E-state index contributed by atoms with van der Waals surface area (Å²) >= 11 is 2.92. The number of carbonyl (C=O) groups is 1. The van der Waals surface area contributed by atoms with Gasteiger partial charge in [-0.2, -0.15) is 22.0 Å². The average Bonchev–Trinajstić information content (AvgIpc) is 2.35. The molecule has 0 radical (unpaired) electrons. The fraction of sp³-hybridized carbons (Fsp3) is 0.364. The number of rotatable bonds is 4. The van der Waals surface area contributed by atoms with Gasteiger partial charge in [-0.1, -0.05) is 0 Å². The van der Waals surface area contributed by atoms with Crippen LogP contribution in [0.3, 0.4) is 0 Å². The van der Waals surface area contributed by atoms with E-state index in [0.29, 0.717) is 0 Å². The first-order valence-corrected chi connectivity index (χ1v) is 5.83. The fourth-order valence-electron chi connectivity index (χ4n) is 1.11. The second-order valence-corrected chi connectivity index (χ2v) is 4.48. The first kappa shape index (κ1) is 16.7. The summed E-state index contributed by atoms with van der Waals surface area (Å²) in [6.45, 7) is -1.89. The van der Waals surface area contributed by atoms with Gasteiger partial charge < -0.3 is 9.47 Å². The number of benzene rings is 1. The van der Waals surface area contributed by atoms with Gasteiger partial charge in [0.1, 0.15) is 5.75 Å². The Labute approximate surface area is 118 Å². The Kier molecular flexibility index (Phi) is 4.95. The third kappa shape index (κ3) is 3.81. The standard InChI is InChI=1S/C11H8BrF5O3/c1-19-9(18)6-2-3-7(12)8(4-6)20-5-10(13,14)11(15,16)17/h2-4H,5H2,1H3. The summed E-state index contributed by atoms with van der Waals surface area (Å²) in [5, 5.41) is 0. The van der Waals surface area contributed by atoms with Crippen LogP contribution in [-0.4, -0.2) is 31.8 Å². The highest BCUT2D eigenvalue weighted by Crippen LogP contribution is 2.36. The van der Waals surface area contributed by atoms with E-state index in [1.165, 1.54) is 12.1 Å². The highest BCUT2D eigenvalue weighted by molar-refractivity contribution is 9.10. The van der Waals surface area contributed by atoms with Crippen molar-refractivity contribution in [2.75, 3.05) is 13.7 Å². The van der Waals surface area contributed by atoms with Crippen LogP contribution in [0.5, 0.6) is 5.75 Å². The predicted octanol–water partition coefficient (Wildman–Crippen LogP) is 3.81. The van der Waals surface area contributed by atoms with Gasteiger partial charge in [0.2, 0.25) is 0 Å². The molecule has 0 unspecified atom stereocenters. The number of alkyl halides is 5. The number of hydrogen-bond donors (Lipinski definition) is 0. The fourth-order valence-corrected chi connectivity index (χ4v) is 1.47. The second kappa shape index (κ2) is 5.94. The number of esters is 1. The molecule has 9 heteroatoms. The lowest BCUT2D eigenvalue weighted by Gasteiger charge is -2.20. The van der Waals surface area contributed by atoms with E-state index in [4.69, 9.17) is 0 Å². The lowest BCUT2D eigenvalue weighted by atomic mass is 10.2. The van der Waals surface area contributed by atoms with Crippen LogP contribution >= 0.6 is 15.9 Å². The summed E-state index contributed by atoms with van der Waals surface area (Å²) < 4.78 is 70.3. The van der Waals surface area contributed by atoms with Crippen LogP contribution in [0.2, 0.25) is 0 Å². The lowest BCUT2D eigenvalue weighted by molar-refractivity contribution is -0.290. The molecule has 0 aromatic heterocycles. The maximum absolute atomic E-state index is 12.7. The summed E-state index contributed by atoms with van der Waals surface area (Å²) in [5.41, 5.74) is -0.0407. The lowest BCUT2D eigenvalue weighted by Crippen LogP contribution is -2.41. The smallest absolute Gasteiger partial charge is 0.456 e. The van der Waals surface area contributed by atoms with Crippen molar-refractivity contribution >= 4 is 21.9 Å². The molecule has 3 nitrogen and oxygen atoms in total. The molecule has 0 aliphatic carbocycles. The number of carbonyl (C=O) groups excluding carboxylic acids is 1. The van der Waals surface area contributed by atoms with E-state index in [9.17, 15) is 26.7 Å². The molecular weight excluding hydrogens is 355 g/mol. The van der Waals surface area contributed by atoms with Crippen molar-refractivity contribution < 1.29 is 36.2 Å². The van der Waals surface area contributed by atoms with Gasteiger partial charge in [-0.3, -0.25) is 0 Å². The van der Waals surface area contributed by atoms with Gasteiger partial charge in [0.25, 0.3) is 0 Å². The zero-order chi connectivity index (χ0) is 15.6. The van der Waals surface area contributed by atoms with Crippen LogP contribution in [0.1, 0.15) is 10.4 Å². The molecule has 1 rings (SSSR count). The minimum Gasteiger partial charge on any atom is -0.486 e. The van der Waals surface area contributed by atoms with E-state index in [0.717, 1.165) is 13.2 Å².